The van der Waals surface area contributed by atoms with Crippen LogP contribution in [-0.4, -0.2) is 40.6 Å². The van der Waals surface area contributed by atoms with Crippen LogP contribution in [0.3, 0.4) is 0 Å². The van der Waals surface area contributed by atoms with Crippen molar-refractivity contribution >= 4 is 22.5 Å². The molecule has 1 aliphatic heterocycles. The molecule has 3 heterocycles. The first kappa shape index (κ1) is 18.9. The van der Waals surface area contributed by atoms with Gasteiger partial charge in [0.05, 0.1) is 16.8 Å². The minimum atomic E-state index is 0.662. The van der Waals surface area contributed by atoms with Crippen molar-refractivity contribution < 1.29 is 0 Å². The van der Waals surface area contributed by atoms with Crippen LogP contribution < -0.4 is 5.32 Å². The maximum absolute atomic E-state index is 9.77. The van der Waals surface area contributed by atoms with Crippen LogP contribution in [0.15, 0.2) is 36.7 Å². The maximum Gasteiger partial charge on any atom is 0.102 e. The van der Waals surface area contributed by atoms with Gasteiger partial charge in [0.15, 0.2) is 0 Å². The number of rotatable bonds is 6. The van der Waals surface area contributed by atoms with Crippen molar-refractivity contribution in [3.8, 4) is 17.3 Å². The van der Waals surface area contributed by atoms with Crippen LogP contribution in [0.4, 0.5) is 0 Å². The fraction of sp³-hybridized carbons (Fsp3) is 0.364. The molecule has 3 aromatic rings. The Bertz CT molecular complexity index is 1030. The monoisotopic (exact) mass is 393 g/mol. The lowest BCUT2D eigenvalue weighted by atomic mass is 10.1. The number of benzene rings is 1. The van der Waals surface area contributed by atoms with Crippen LogP contribution in [0.2, 0.25) is 5.02 Å². The van der Waals surface area contributed by atoms with Gasteiger partial charge in [-0.05, 0) is 55.8 Å². The highest BCUT2D eigenvalue weighted by molar-refractivity contribution is 6.31. The van der Waals surface area contributed by atoms with Crippen molar-refractivity contribution in [1.82, 2.24) is 19.8 Å². The zero-order chi connectivity index (χ0) is 19.5. The van der Waals surface area contributed by atoms with Gasteiger partial charge in [-0.25, -0.2) is 0 Å². The van der Waals surface area contributed by atoms with Gasteiger partial charge < -0.3 is 14.8 Å². The molecule has 0 unspecified atom stereocenters. The summed E-state index contributed by atoms with van der Waals surface area (Å²) in [7, 11) is 1.97. The summed E-state index contributed by atoms with van der Waals surface area (Å²) in [6, 6.07) is 10.1. The number of pyridine rings is 1. The third-order valence-corrected chi connectivity index (χ3v) is 5.71. The average Bonchev–Trinajstić information content (AvgIpc) is 3.32. The minimum Gasteiger partial charge on any atom is -0.342 e. The Morgan fingerprint density at radius 2 is 2.04 bits per heavy atom. The Hall–Kier alpha value is -2.39. The molecular formula is C22H24ClN5. The van der Waals surface area contributed by atoms with E-state index in [1.54, 1.807) is 0 Å². The summed E-state index contributed by atoms with van der Waals surface area (Å²) in [5.74, 6) is 0. The molecule has 0 amide bonds. The molecule has 0 spiro atoms. The van der Waals surface area contributed by atoms with E-state index in [0.717, 1.165) is 47.4 Å². The number of fused-ring (bicyclic) bond motifs is 1. The molecule has 0 saturated carbocycles. The Labute approximate surface area is 170 Å². The fourth-order valence-electron chi connectivity index (χ4n) is 4.05. The lowest BCUT2D eigenvalue weighted by Gasteiger charge is -2.14. The van der Waals surface area contributed by atoms with Crippen LogP contribution >= 0.6 is 11.6 Å². The molecule has 1 saturated heterocycles. The van der Waals surface area contributed by atoms with E-state index in [-0.39, 0.29) is 0 Å². The van der Waals surface area contributed by atoms with Crippen molar-refractivity contribution in [2.75, 3.05) is 26.2 Å². The van der Waals surface area contributed by atoms with Gasteiger partial charge in [-0.15, -0.1) is 0 Å². The molecule has 2 aromatic heterocycles. The number of aromatic nitrogens is 2. The third kappa shape index (κ3) is 3.77. The van der Waals surface area contributed by atoms with E-state index in [9.17, 15) is 5.26 Å². The van der Waals surface area contributed by atoms with Gasteiger partial charge in [0, 0.05) is 55.0 Å². The first-order valence-electron chi connectivity index (χ1n) is 9.73. The first-order valence-corrected chi connectivity index (χ1v) is 10.1. The first-order chi connectivity index (χ1) is 13.7. The fourth-order valence-corrected chi connectivity index (χ4v) is 4.22. The second kappa shape index (κ2) is 8.32. The summed E-state index contributed by atoms with van der Waals surface area (Å²) in [4.78, 5) is 6.92. The highest BCUT2D eigenvalue weighted by Crippen LogP contribution is 2.33. The van der Waals surface area contributed by atoms with Gasteiger partial charge in [0.1, 0.15) is 6.07 Å². The molecule has 144 valence electrons. The number of likely N-dealkylation sites (tertiary alicyclic amines) is 1. The number of nitrogens with zero attached hydrogens (tertiary/aromatic N) is 4. The third-order valence-electron chi connectivity index (χ3n) is 5.48. The molecule has 1 aromatic carbocycles. The predicted molar refractivity (Wildman–Crippen MR) is 113 cm³/mol. The normalized spacial score (nSPS) is 14.6. The molecule has 1 N–H and O–H groups in total. The van der Waals surface area contributed by atoms with Crippen LogP contribution in [0.5, 0.6) is 0 Å². The summed E-state index contributed by atoms with van der Waals surface area (Å²) in [6.45, 7) is 5.28. The van der Waals surface area contributed by atoms with Crippen molar-refractivity contribution in [2.45, 2.75) is 19.4 Å². The largest absolute Gasteiger partial charge is 0.342 e. The minimum absolute atomic E-state index is 0.662. The smallest absolute Gasteiger partial charge is 0.102 e. The molecule has 6 heteroatoms. The number of nitrogens with one attached hydrogen (secondary N) is 1. The summed E-state index contributed by atoms with van der Waals surface area (Å²) in [5, 5.41) is 14.9. The van der Waals surface area contributed by atoms with E-state index in [1.165, 1.54) is 25.9 Å². The maximum atomic E-state index is 9.77. The highest BCUT2D eigenvalue weighted by atomic mass is 35.5. The van der Waals surface area contributed by atoms with Gasteiger partial charge in [0.25, 0.3) is 0 Å². The standard InChI is InChI=1S/C22H24ClN5/c1-27-21-11-18(23)4-5-19(21)20(12-24)22(27)17-10-16(14-26-15-17)13-25-6-9-28-7-2-3-8-28/h4-5,10-11,14-15,25H,2-3,6-9,13H2,1H3. The number of nitriles is 1. The Kier molecular flexibility index (Phi) is 5.63. The molecule has 5 nitrogen and oxygen atoms in total. The summed E-state index contributed by atoms with van der Waals surface area (Å²) in [5.41, 5.74) is 4.56. The lowest BCUT2D eigenvalue weighted by Crippen LogP contribution is -2.29. The molecular weight excluding hydrogens is 370 g/mol. The molecule has 28 heavy (non-hydrogen) atoms. The second-order valence-corrected chi connectivity index (χ2v) is 7.80. The quantitative estimate of drug-likeness (QED) is 0.644. The summed E-state index contributed by atoms with van der Waals surface area (Å²) < 4.78 is 2.03. The van der Waals surface area contributed by atoms with E-state index in [0.29, 0.717) is 10.6 Å². The van der Waals surface area contributed by atoms with E-state index >= 15 is 0 Å². The van der Waals surface area contributed by atoms with E-state index in [4.69, 9.17) is 11.6 Å². The van der Waals surface area contributed by atoms with Crippen LogP contribution in [0.25, 0.3) is 22.2 Å². The van der Waals surface area contributed by atoms with E-state index in [1.807, 2.05) is 42.2 Å². The molecule has 0 bridgehead atoms. The lowest BCUT2D eigenvalue weighted by molar-refractivity contribution is 0.335. The van der Waals surface area contributed by atoms with Crippen molar-refractivity contribution in [3.05, 3.63) is 52.8 Å². The summed E-state index contributed by atoms with van der Waals surface area (Å²) in [6.07, 6.45) is 6.36. The molecule has 4 rings (SSSR count). The average molecular weight is 394 g/mol. The van der Waals surface area contributed by atoms with Crippen molar-refractivity contribution in [1.29, 1.82) is 5.26 Å². The zero-order valence-electron chi connectivity index (χ0n) is 16.1. The van der Waals surface area contributed by atoms with E-state index < -0.39 is 0 Å². The Morgan fingerprint density at radius 3 is 2.82 bits per heavy atom. The number of aryl methyl sites for hydroxylation is 1. The van der Waals surface area contributed by atoms with E-state index in [2.05, 4.69) is 27.3 Å². The predicted octanol–water partition coefficient (Wildman–Crippen LogP) is 3.95. The SMILES string of the molecule is Cn1c(-c2cncc(CNCCN3CCCC3)c2)c(C#N)c2ccc(Cl)cc21. The topological polar surface area (TPSA) is 56.9 Å². The van der Waals surface area contributed by atoms with Crippen molar-refractivity contribution in [2.24, 2.45) is 7.05 Å². The summed E-state index contributed by atoms with van der Waals surface area (Å²) >= 11 is 6.16. The van der Waals surface area contributed by atoms with Gasteiger partial charge in [-0.3, -0.25) is 4.98 Å². The molecule has 0 radical (unpaired) electrons. The Balaban J connectivity index is 1.55. The van der Waals surface area contributed by atoms with Gasteiger partial charge in [-0.1, -0.05) is 11.6 Å². The van der Waals surface area contributed by atoms with Crippen LogP contribution in [0, 0.1) is 11.3 Å². The number of hydrogen-bond acceptors (Lipinski definition) is 4. The van der Waals surface area contributed by atoms with Crippen LogP contribution in [-0.2, 0) is 13.6 Å². The second-order valence-electron chi connectivity index (χ2n) is 7.36. The zero-order valence-corrected chi connectivity index (χ0v) is 16.8. The molecule has 0 atom stereocenters. The van der Waals surface area contributed by atoms with Crippen molar-refractivity contribution in [3.63, 3.8) is 0 Å². The number of hydrogen-bond donors (Lipinski definition) is 1. The van der Waals surface area contributed by atoms with Gasteiger partial charge in [0.2, 0.25) is 0 Å². The molecule has 1 fully saturated rings. The Morgan fingerprint density at radius 1 is 1.21 bits per heavy atom. The molecule has 1 aliphatic rings. The highest BCUT2D eigenvalue weighted by Gasteiger charge is 2.17. The number of halogens is 1. The van der Waals surface area contributed by atoms with Gasteiger partial charge in [-0.2, -0.15) is 5.26 Å². The van der Waals surface area contributed by atoms with Gasteiger partial charge >= 0.3 is 0 Å². The van der Waals surface area contributed by atoms with Crippen LogP contribution in [0.1, 0.15) is 24.0 Å². The molecule has 0 aliphatic carbocycles.